The molecule has 0 atom stereocenters. The van der Waals surface area contributed by atoms with Crippen LogP contribution in [0.5, 0.6) is 0 Å². The van der Waals surface area contributed by atoms with E-state index in [1.807, 2.05) is 0 Å². The summed E-state index contributed by atoms with van der Waals surface area (Å²) in [5.41, 5.74) is 0.233. The molecule has 5 heteroatoms. The van der Waals surface area contributed by atoms with Crippen LogP contribution >= 0.6 is 0 Å². The van der Waals surface area contributed by atoms with Gasteiger partial charge in [-0.05, 0) is 0 Å². The van der Waals surface area contributed by atoms with Crippen LogP contribution in [0.3, 0.4) is 0 Å². The molecule has 0 spiro atoms. The van der Waals surface area contributed by atoms with Crippen LogP contribution in [0.1, 0.15) is 83.1 Å². The Morgan fingerprint density at radius 1 is 0.400 bits per heavy atom. The first kappa shape index (κ1) is 25.5. The van der Waals surface area contributed by atoms with E-state index < -0.39 is 17.1 Å². The normalized spacial score (nSPS) is 16.5. The van der Waals surface area contributed by atoms with Crippen LogP contribution in [-0.4, -0.2) is 64.2 Å². The predicted octanol–water partition coefficient (Wildman–Crippen LogP) is 4.72. The first-order chi connectivity index (χ1) is 10.6. The molecule has 0 aromatic rings. The van der Waals surface area contributed by atoms with Crippen LogP contribution in [0, 0.1) is 0 Å². The predicted molar refractivity (Wildman–Crippen MR) is 110 cm³/mol. The first-order valence-electron chi connectivity index (χ1n) is 9.41. The molecule has 0 aliphatic heterocycles. The Morgan fingerprint density at radius 3 is 0.640 bits per heavy atom. The van der Waals surface area contributed by atoms with Gasteiger partial charge in [-0.1, -0.05) is 0 Å². The Labute approximate surface area is 164 Å². The molecule has 0 bridgehead atoms. The van der Waals surface area contributed by atoms with Gasteiger partial charge in [0.05, 0.1) is 0 Å². The maximum absolute atomic E-state index is 3.16. The molecule has 0 aromatic carbocycles. The third-order valence-electron chi connectivity index (χ3n) is 3.91. The SMILES string of the molecule is C[N](C)[Mo]([N](C)C)([N](C(C)(C)C)C(C)(C)C)[N](C(C)(C)C)C(C)(C)C. The zero-order valence-corrected chi connectivity index (χ0v) is 22.2. The van der Waals surface area contributed by atoms with Crippen LogP contribution in [0.15, 0.2) is 0 Å². The second kappa shape index (κ2) is 7.51. The second-order valence-corrected chi connectivity index (χ2v) is 19.2. The molecule has 0 unspecified atom stereocenters. The van der Waals surface area contributed by atoms with Crippen LogP contribution in [0.4, 0.5) is 0 Å². The molecule has 0 N–H and O–H groups in total. The summed E-state index contributed by atoms with van der Waals surface area (Å²) in [6.07, 6.45) is 0. The molecule has 154 valence electrons. The van der Waals surface area contributed by atoms with E-state index in [9.17, 15) is 0 Å². The molecule has 0 fully saturated rings. The topological polar surface area (TPSA) is 13.0 Å². The molecule has 0 aliphatic carbocycles. The Kier molecular flexibility index (Phi) is 7.67. The molecule has 0 aromatic heterocycles. The number of hydrogen-bond donors (Lipinski definition) is 0. The van der Waals surface area contributed by atoms with Gasteiger partial charge in [0.1, 0.15) is 0 Å². The van der Waals surface area contributed by atoms with Crippen LogP contribution in [0.25, 0.3) is 0 Å². The summed E-state index contributed by atoms with van der Waals surface area (Å²) in [5.74, 6) is 0. The van der Waals surface area contributed by atoms with Crippen molar-refractivity contribution in [2.75, 3.05) is 28.2 Å². The van der Waals surface area contributed by atoms with Gasteiger partial charge in [0, 0.05) is 0 Å². The zero-order valence-electron chi connectivity index (χ0n) is 20.2. The summed E-state index contributed by atoms with van der Waals surface area (Å²) in [6, 6.07) is 0. The van der Waals surface area contributed by atoms with Crippen molar-refractivity contribution < 1.29 is 17.1 Å². The molecule has 4 nitrogen and oxygen atoms in total. The number of hydrogen-bond acceptors (Lipinski definition) is 4. The first-order valence-corrected chi connectivity index (χ1v) is 13.0. The standard InChI is InChI=1S/2C8H18N.2C2H6N.Mo/c2*1-7(2,3)9-8(4,5)6;2*1-3-2;/h2*1-6H3;2*1-2H3;/q4*-1;+4. The molecule has 0 saturated carbocycles. The minimum atomic E-state index is -3.16. The van der Waals surface area contributed by atoms with Crippen LogP contribution < -0.4 is 0 Å². The molecule has 0 aliphatic rings. The zero-order chi connectivity index (χ0) is 20.8. The third-order valence-corrected chi connectivity index (χ3v) is 16.5. The summed E-state index contributed by atoms with van der Waals surface area (Å²) in [5, 5.41) is 0. The van der Waals surface area contributed by atoms with E-state index >= 15 is 0 Å². The molecule has 0 rings (SSSR count). The summed E-state index contributed by atoms with van der Waals surface area (Å²) in [4.78, 5) is 0. The van der Waals surface area contributed by atoms with Gasteiger partial charge in [0.2, 0.25) is 0 Å². The van der Waals surface area contributed by atoms with Crippen molar-refractivity contribution >= 4 is 0 Å². The van der Waals surface area contributed by atoms with E-state index in [4.69, 9.17) is 0 Å². The monoisotopic (exact) mass is 442 g/mol. The van der Waals surface area contributed by atoms with Crippen molar-refractivity contribution in [2.24, 2.45) is 0 Å². The van der Waals surface area contributed by atoms with Gasteiger partial charge in [-0.15, -0.1) is 0 Å². The van der Waals surface area contributed by atoms with Crippen molar-refractivity contribution in [1.29, 1.82) is 0 Å². The molecule has 0 heterocycles. The van der Waals surface area contributed by atoms with Crippen molar-refractivity contribution in [1.82, 2.24) is 13.8 Å². The van der Waals surface area contributed by atoms with Crippen LogP contribution in [0.2, 0.25) is 0 Å². The van der Waals surface area contributed by atoms with Gasteiger partial charge in [0.25, 0.3) is 0 Å². The van der Waals surface area contributed by atoms with Gasteiger partial charge in [-0.2, -0.15) is 0 Å². The quantitative estimate of drug-likeness (QED) is 0.587. The summed E-state index contributed by atoms with van der Waals surface area (Å²) in [6.45, 7) is 28.4. The van der Waals surface area contributed by atoms with Gasteiger partial charge in [0.15, 0.2) is 0 Å². The second-order valence-electron chi connectivity index (χ2n) is 11.4. The molecule has 0 amide bonds. The molecular formula is C20H48MoN4. The number of nitrogens with zero attached hydrogens (tertiary/aromatic N) is 4. The van der Waals surface area contributed by atoms with E-state index in [1.165, 1.54) is 0 Å². The van der Waals surface area contributed by atoms with E-state index in [1.54, 1.807) is 0 Å². The van der Waals surface area contributed by atoms with E-state index in [2.05, 4.69) is 125 Å². The maximum atomic E-state index is 2.85. The molecule has 0 saturated heterocycles. The Morgan fingerprint density at radius 2 is 0.560 bits per heavy atom. The Hall–Kier alpha value is 0.528. The average molecular weight is 441 g/mol. The summed E-state index contributed by atoms with van der Waals surface area (Å²) < 4.78 is 10.8. The fourth-order valence-corrected chi connectivity index (χ4v) is 17.0. The Bertz CT molecular complexity index is 361. The fourth-order valence-electron chi connectivity index (χ4n) is 4.54. The van der Waals surface area contributed by atoms with Gasteiger partial charge >= 0.3 is 164 Å². The van der Waals surface area contributed by atoms with Crippen molar-refractivity contribution in [3.8, 4) is 0 Å². The molecular weight excluding hydrogens is 392 g/mol. The molecule has 0 radical (unpaired) electrons. The summed E-state index contributed by atoms with van der Waals surface area (Å²) in [7, 11) is 9.15. The average Bonchev–Trinajstić information content (AvgIpc) is 2.18. The number of rotatable bonds is 4. The molecule has 25 heavy (non-hydrogen) atoms. The van der Waals surface area contributed by atoms with Crippen molar-refractivity contribution in [3.63, 3.8) is 0 Å². The van der Waals surface area contributed by atoms with Crippen LogP contribution in [-0.2, 0) is 17.1 Å². The third kappa shape index (κ3) is 5.29. The minimum absolute atomic E-state index is 0.0582. The summed E-state index contributed by atoms with van der Waals surface area (Å²) >= 11 is -3.16. The van der Waals surface area contributed by atoms with Gasteiger partial charge in [-0.3, -0.25) is 0 Å². The fraction of sp³-hybridized carbons (Fsp3) is 1.00. The van der Waals surface area contributed by atoms with E-state index in [-0.39, 0.29) is 22.2 Å². The Balaban J connectivity index is 7.19. The van der Waals surface area contributed by atoms with Crippen molar-refractivity contribution in [3.05, 3.63) is 0 Å². The van der Waals surface area contributed by atoms with Crippen molar-refractivity contribution in [2.45, 2.75) is 105 Å². The van der Waals surface area contributed by atoms with E-state index in [0.29, 0.717) is 0 Å². The van der Waals surface area contributed by atoms with E-state index in [0.717, 1.165) is 0 Å². The van der Waals surface area contributed by atoms with Gasteiger partial charge in [-0.25, -0.2) is 0 Å². The van der Waals surface area contributed by atoms with Gasteiger partial charge < -0.3 is 0 Å².